The molecule has 2 aromatic rings. The Morgan fingerprint density at radius 1 is 1.10 bits per heavy atom. The molecule has 1 fully saturated rings. The maximum Gasteiger partial charge on any atom is 0.251 e. The number of carbonyl (C=O) groups is 1. The molecule has 0 bridgehead atoms. The molecule has 1 heterocycles. The first-order chi connectivity index (χ1) is 14.4. The fraction of sp³-hybridized carbons (Fsp3) is 0.409. The van der Waals surface area contributed by atoms with E-state index in [0.717, 1.165) is 18.7 Å². The van der Waals surface area contributed by atoms with Crippen LogP contribution in [-0.2, 0) is 21.3 Å². The molecule has 1 aliphatic rings. The quantitative estimate of drug-likeness (QED) is 0.596. The predicted molar refractivity (Wildman–Crippen MR) is 117 cm³/mol. The lowest BCUT2D eigenvalue weighted by Gasteiger charge is -2.17. The molecule has 0 aromatic heterocycles. The van der Waals surface area contributed by atoms with Crippen LogP contribution in [0.3, 0.4) is 0 Å². The molecule has 7 nitrogen and oxygen atoms in total. The van der Waals surface area contributed by atoms with Gasteiger partial charge in [-0.15, -0.1) is 0 Å². The van der Waals surface area contributed by atoms with Crippen molar-refractivity contribution in [2.45, 2.75) is 31.2 Å². The van der Waals surface area contributed by atoms with Gasteiger partial charge in [0, 0.05) is 44.5 Å². The third kappa shape index (κ3) is 5.59. The first-order valence-electron chi connectivity index (χ1n) is 10.1. The molecule has 30 heavy (non-hydrogen) atoms. The smallest absolute Gasteiger partial charge is 0.251 e. The van der Waals surface area contributed by atoms with Gasteiger partial charge in [0.25, 0.3) is 5.91 Å². The molecule has 0 spiro atoms. The van der Waals surface area contributed by atoms with Gasteiger partial charge in [-0.2, -0.15) is 0 Å². The summed E-state index contributed by atoms with van der Waals surface area (Å²) in [5.41, 5.74) is 3.26. The number of carbonyl (C=O) groups excluding carboxylic acids is 1. The Morgan fingerprint density at radius 3 is 2.47 bits per heavy atom. The molecule has 0 unspecified atom stereocenters. The summed E-state index contributed by atoms with van der Waals surface area (Å²) in [6, 6.07) is 12.7. The number of amides is 1. The number of methoxy groups -OCH3 is 1. The van der Waals surface area contributed by atoms with Crippen LogP contribution < -0.4 is 14.9 Å². The molecule has 1 saturated heterocycles. The standard InChI is InChI=1S/C22H29N3O4S/c1-17-5-10-20(30(27,28)24-11-14-29-2)15-21(17)22(26)23-16-18-6-8-19(9-7-18)25-12-3-4-13-25/h5-10,15,24H,3-4,11-14,16H2,1-2H3,(H,23,26). The summed E-state index contributed by atoms with van der Waals surface area (Å²) in [5.74, 6) is -0.301. The first-order valence-corrected chi connectivity index (χ1v) is 11.6. The van der Waals surface area contributed by atoms with Crippen LogP contribution in [0.4, 0.5) is 5.69 Å². The lowest BCUT2D eigenvalue weighted by atomic mass is 10.1. The molecule has 8 heteroatoms. The Bertz CT molecular complexity index is 968. The summed E-state index contributed by atoms with van der Waals surface area (Å²) in [7, 11) is -2.20. The number of anilines is 1. The van der Waals surface area contributed by atoms with Crippen LogP contribution in [0.1, 0.15) is 34.3 Å². The normalized spacial score (nSPS) is 14.1. The molecule has 3 rings (SSSR count). The number of nitrogens with one attached hydrogen (secondary N) is 2. The molecule has 0 saturated carbocycles. The SMILES string of the molecule is COCCNS(=O)(=O)c1ccc(C)c(C(=O)NCc2ccc(N3CCCC3)cc2)c1. The summed E-state index contributed by atoms with van der Waals surface area (Å²) in [6.45, 7) is 4.79. The van der Waals surface area contributed by atoms with Gasteiger partial charge in [-0.05, 0) is 55.2 Å². The highest BCUT2D eigenvalue weighted by atomic mass is 32.2. The average molecular weight is 432 g/mol. The van der Waals surface area contributed by atoms with Crippen molar-refractivity contribution in [2.24, 2.45) is 0 Å². The first kappa shape index (κ1) is 22.3. The van der Waals surface area contributed by atoms with E-state index in [1.54, 1.807) is 13.0 Å². The van der Waals surface area contributed by atoms with E-state index >= 15 is 0 Å². The number of benzene rings is 2. The molecule has 1 amide bonds. The highest BCUT2D eigenvalue weighted by molar-refractivity contribution is 7.89. The number of nitrogens with zero attached hydrogens (tertiary/aromatic N) is 1. The molecular formula is C22H29N3O4S. The second kappa shape index (κ2) is 10.1. The van der Waals surface area contributed by atoms with Crippen LogP contribution in [-0.4, -0.2) is 47.7 Å². The van der Waals surface area contributed by atoms with Crippen LogP contribution in [0.25, 0.3) is 0 Å². The lowest BCUT2D eigenvalue weighted by Crippen LogP contribution is -2.28. The van der Waals surface area contributed by atoms with Gasteiger partial charge in [-0.3, -0.25) is 4.79 Å². The van der Waals surface area contributed by atoms with Crippen LogP contribution in [0.5, 0.6) is 0 Å². The molecule has 162 valence electrons. The van der Waals surface area contributed by atoms with Crippen LogP contribution in [0.15, 0.2) is 47.4 Å². The Balaban J connectivity index is 1.64. The Labute approximate surface area is 178 Å². The second-order valence-electron chi connectivity index (χ2n) is 7.41. The molecule has 0 aliphatic carbocycles. The molecule has 0 atom stereocenters. The Morgan fingerprint density at radius 2 is 1.80 bits per heavy atom. The minimum atomic E-state index is -3.70. The largest absolute Gasteiger partial charge is 0.383 e. The van der Waals surface area contributed by atoms with E-state index in [2.05, 4.69) is 27.1 Å². The monoisotopic (exact) mass is 431 g/mol. The van der Waals surface area contributed by atoms with Crippen molar-refractivity contribution >= 4 is 21.6 Å². The Hall–Kier alpha value is -2.42. The van der Waals surface area contributed by atoms with Gasteiger partial charge in [-0.1, -0.05) is 18.2 Å². The van der Waals surface area contributed by atoms with Crippen molar-refractivity contribution in [1.82, 2.24) is 10.0 Å². The van der Waals surface area contributed by atoms with E-state index < -0.39 is 10.0 Å². The highest BCUT2D eigenvalue weighted by Crippen LogP contribution is 2.20. The van der Waals surface area contributed by atoms with Gasteiger partial charge in [0.2, 0.25) is 10.0 Å². The number of sulfonamides is 1. The number of aryl methyl sites for hydroxylation is 1. The van der Waals surface area contributed by atoms with Gasteiger partial charge in [-0.25, -0.2) is 13.1 Å². The molecular weight excluding hydrogens is 402 g/mol. The zero-order chi connectivity index (χ0) is 21.6. The van der Waals surface area contributed by atoms with E-state index in [4.69, 9.17) is 4.74 Å². The zero-order valence-corrected chi connectivity index (χ0v) is 18.3. The minimum absolute atomic E-state index is 0.0596. The van der Waals surface area contributed by atoms with Crippen LogP contribution in [0, 0.1) is 6.92 Å². The fourth-order valence-corrected chi connectivity index (χ4v) is 4.49. The summed E-state index contributed by atoms with van der Waals surface area (Å²) in [4.78, 5) is 15.1. The fourth-order valence-electron chi connectivity index (χ4n) is 3.45. The summed E-state index contributed by atoms with van der Waals surface area (Å²) in [5, 5.41) is 2.89. The molecule has 0 radical (unpaired) electrons. The number of rotatable bonds is 9. The van der Waals surface area contributed by atoms with Gasteiger partial charge in [0.15, 0.2) is 0 Å². The van der Waals surface area contributed by atoms with Crippen molar-refractivity contribution < 1.29 is 17.9 Å². The minimum Gasteiger partial charge on any atom is -0.383 e. The van der Waals surface area contributed by atoms with Crippen molar-refractivity contribution in [3.8, 4) is 0 Å². The lowest BCUT2D eigenvalue weighted by molar-refractivity contribution is 0.0950. The average Bonchev–Trinajstić information content (AvgIpc) is 3.27. The predicted octanol–water partition coefficient (Wildman–Crippen LogP) is 2.45. The van der Waals surface area contributed by atoms with Gasteiger partial charge >= 0.3 is 0 Å². The topological polar surface area (TPSA) is 87.7 Å². The summed E-state index contributed by atoms with van der Waals surface area (Å²) < 4.78 is 32.2. The number of hydrogen-bond acceptors (Lipinski definition) is 5. The summed E-state index contributed by atoms with van der Waals surface area (Å²) in [6.07, 6.45) is 2.46. The van der Waals surface area contributed by atoms with Crippen molar-refractivity contribution in [3.05, 3.63) is 59.2 Å². The van der Waals surface area contributed by atoms with E-state index in [1.165, 1.54) is 37.8 Å². The van der Waals surface area contributed by atoms with E-state index in [-0.39, 0.29) is 24.0 Å². The van der Waals surface area contributed by atoms with Crippen molar-refractivity contribution in [3.63, 3.8) is 0 Å². The zero-order valence-electron chi connectivity index (χ0n) is 17.5. The maximum absolute atomic E-state index is 12.7. The van der Waals surface area contributed by atoms with Crippen LogP contribution in [0.2, 0.25) is 0 Å². The van der Waals surface area contributed by atoms with Crippen molar-refractivity contribution in [1.29, 1.82) is 0 Å². The van der Waals surface area contributed by atoms with E-state index in [9.17, 15) is 13.2 Å². The van der Waals surface area contributed by atoms with Crippen molar-refractivity contribution in [2.75, 3.05) is 38.3 Å². The number of hydrogen-bond donors (Lipinski definition) is 2. The van der Waals surface area contributed by atoms with E-state index in [0.29, 0.717) is 17.7 Å². The third-order valence-electron chi connectivity index (χ3n) is 5.22. The van der Waals surface area contributed by atoms with Crippen LogP contribution >= 0.6 is 0 Å². The maximum atomic E-state index is 12.7. The highest BCUT2D eigenvalue weighted by Gasteiger charge is 2.18. The second-order valence-corrected chi connectivity index (χ2v) is 9.18. The van der Waals surface area contributed by atoms with Gasteiger partial charge in [0.1, 0.15) is 0 Å². The van der Waals surface area contributed by atoms with Gasteiger partial charge < -0.3 is 15.0 Å². The Kier molecular flexibility index (Phi) is 7.47. The third-order valence-corrected chi connectivity index (χ3v) is 6.68. The van der Waals surface area contributed by atoms with E-state index in [1.807, 2.05) is 12.1 Å². The molecule has 2 N–H and O–H groups in total. The molecule has 1 aliphatic heterocycles. The molecule has 2 aromatic carbocycles. The number of ether oxygens (including phenoxy) is 1. The van der Waals surface area contributed by atoms with Gasteiger partial charge in [0.05, 0.1) is 11.5 Å². The summed E-state index contributed by atoms with van der Waals surface area (Å²) >= 11 is 0.